The number of anilines is 1. The van der Waals surface area contributed by atoms with Crippen molar-refractivity contribution in [1.82, 2.24) is 9.99 Å². The van der Waals surface area contributed by atoms with Crippen molar-refractivity contribution < 1.29 is 41.8 Å². The molecule has 0 atom stereocenters. The van der Waals surface area contributed by atoms with E-state index in [2.05, 4.69) is 10.4 Å². The number of hydrogen-bond donors (Lipinski definition) is 3. The van der Waals surface area contributed by atoms with Crippen LogP contribution in [0, 0.1) is 0 Å². The fourth-order valence-electron chi connectivity index (χ4n) is 2.51. The average molecular weight is 404 g/mol. The highest BCUT2D eigenvalue weighted by Gasteiger charge is 2.46. The van der Waals surface area contributed by atoms with Gasteiger partial charge in [-0.25, -0.2) is 19.6 Å². The summed E-state index contributed by atoms with van der Waals surface area (Å²) in [6.45, 7) is 0.489. The van der Waals surface area contributed by atoms with Crippen LogP contribution in [0.5, 0.6) is 0 Å². The zero-order valence-electron chi connectivity index (χ0n) is 12.7. The first-order chi connectivity index (χ1) is 11.8. The lowest BCUT2D eigenvalue weighted by Gasteiger charge is -2.25. The molecule has 144 valence electrons. The SMILES string of the molecule is O=C(O)c1c(C(F)(F)F)nc(C(F)(F)Cl)c(C(=O)O)c1NN1CCCC1. The van der Waals surface area contributed by atoms with Crippen LogP contribution in [0.2, 0.25) is 0 Å². The van der Waals surface area contributed by atoms with Crippen molar-refractivity contribution in [2.45, 2.75) is 24.4 Å². The monoisotopic (exact) mass is 403 g/mol. The Kier molecular flexibility index (Phi) is 5.29. The Balaban J connectivity index is 2.88. The molecule has 0 aliphatic carbocycles. The van der Waals surface area contributed by atoms with Gasteiger partial charge in [-0.1, -0.05) is 0 Å². The van der Waals surface area contributed by atoms with Crippen molar-refractivity contribution in [3.8, 4) is 0 Å². The van der Waals surface area contributed by atoms with Crippen LogP contribution in [0.25, 0.3) is 0 Å². The normalized spacial score (nSPS) is 15.9. The molecule has 0 unspecified atom stereocenters. The number of aromatic nitrogens is 1. The Bertz CT molecular complexity index is 695. The fraction of sp³-hybridized carbons (Fsp3) is 0.462. The van der Waals surface area contributed by atoms with E-state index in [0.717, 1.165) is 0 Å². The second-order valence-corrected chi connectivity index (χ2v) is 5.82. The number of rotatable bonds is 5. The summed E-state index contributed by atoms with van der Waals surface area (Å²) in [6.07, 6.45) is -4.26. The molecule has 1 aromatic rings. The number of carboxylic acids is 2. The molecule has 2 heterocycles. The summed E-state index contributed by atoms with van der Waals surface area (Å²) in [7, 11) is 0. The molecule has 0 aromatic carbocycles. The molecule has 0 radical (unpaired) electrons. The Morgan fingerprint density at radius 1 is 1.00 bits per heavy atom. The summed E-state index contributed by atoms with van der Waals surface area (Å²) in [6, 6.07) is 0. The summed E-state index contributed by atoms with van der Waals surface area (Å²) in [5.41, 5.74) is -6.03. The minimum atomic E-state index is -5.44. The van der Waals surface area contributed by atoms with Crippen molar-refractivity contribution in [3.05, 3.63) is 22.5 Å². The van der Waals surface area contributed by atoms with Gasteiger partial charge >= 0.3 is 23.5 Å². The Hall–Kier alpha value is -2.21. The maximum absolute atomic E-state index is 13.6. The highest BCUT2D eigenvalue weighted by atomic mass is 35.5. The molecule has 1 aliphatic rings. The van der Waals surface area contributed by atoms with E-state index in [4.69, 9.17) is 11.6 Å². The van der Waals surface area contributed by atoms with Gasteiger partial charge in [0.1, 0.15) is 16.8 Å². The number of aromatic carboxylic acids is 2. The standard InChI is InChI=1S/C13H11ClF5N3O4/c14-12(15,16)8-5(10(23)24)7(21-22-3-1-2-4-22)6(11(25)26)9(20-8)13(17,18)19/h1-4H2,(H,20,21)(H,23,24)(H,25,26). The largest absolute Gasteiger partial charge is 0.478 e. The smallest absolute Gasteiger partial charge is 0.434 e. The number of carboxylic acid groups (broad SMARTS) is 2. The number of nitrogens with zero attached hydrogens (tertiary/aromatic N) is 2. The average Bonchev–Trinajstić information content (AvgIpc) is 2.96. The Morgan fingerprint density at radius 2 is 1.46 bits per heavy atom. The summed E-state index contributed by atoms with van der Waals surface area (Å²) >= 11 is 4.74. The number of hydrogen-bond acceptors (Lipinski definition) is 5. The van der Waals surface area contributed by atoms with Crippen LogP contribution in [-0.2, 0) is 11.6 Å². The van der Waals surface area contributed by atoms with E-state index in [9.17, 15) is 41.8 Å². The van der Waals surface area contributed by atoms with Crippen molar-refractivity contribution in [1.29, 1.82) is 0 Å². The number of pyridine rings is 1. The highest BCUT2D eigenvalue weighted by Crippen LogP contribution is 2.42. The quantitative estimate of drug-likeness (QED) is 0.512. The lowest BCUT2D eigenvalue weighted by molar-refractivity contribution is -0.142. The van der Waals surface area contributed by atoms with Crippen molar-refractivity contribution in [2.24, 2.45) is 0 Å². The molecule has 13 heteroatoms. The van der Waals surface area contributed by atoms with Crippen molar-refractivity contribution in [3.63, 3.8) is 0 Å². The Labute approximate surface area is 147 Å². The van der Waals surface area contributed by atoms with Crippen molar-refractivity contribution in [2.75, 3.05) is 18.5 Å². The second kappa shape index (κ2) is 6.83. The summed E-state index contributed by atoms with van der Waals surface area (Å²) < 4.78 is 66.7. The lowest BCUT2D eigenvalue weighted by atomic mass is 10.0. The first-order valence-electron chi connectivity index (χ1n) is 7.04. The van der Waals surface area contributed by atoms with E-state index < -0.39 is 51.7 Å². The number of nitrogens with one attached hydrogen (secondary N) is 1. The van der Waals surface area contributed by atoms with Gasteiger partial charge < -0.3 is 15.6 Å². The number of hydrazine groups is 1. The minimum absolute atomic E-state index is 0.244. The Morgan fingerprint density at radius 3 is 1.85 bits per heavy atom. The molecule has 0 saturated carbocycles. The molecule has 26 heavy (non-hydrogen) atoms. The van der Waals surface area contributed by atoms with Crippen molar-refractivity contribution >= 4 is 29.2 Å². The maximum Gasteiger partial charge on any atom is 0.434 e. The van der Waals surface area contributed by atoms with Gasteiger partial charge in [-0.3, -0.25) is 0 Å². The zero-order chi connectivity index (χ0) is 19.9. The third kappa shape index (κ3) is 3.96. The summed E-state index contributed by atoms with van der Waals surface area (Å²) in [4.78, 5) is 25.4. The van der Waals surface area contributed by atoms with E-state index >= 15 is 0 Å². The van der Waals surface area contributed by atoms with Gasteiger partial charge in [0.05, 0.1) is 5.69 Å². The predicted molar refractivity (Wildman–Crippen MR) is 77.3 cm³/mol. The van der Waals surface area contributed by atoms with Crippen LogP contribution in [0.4, 0.5) is 27.6 Å². The number of alkyl halides is 6. The maximum atomic E-state index is 13.6. The van der Waals surface area contributed by atoms with Gasteiger partial charge in [0.2, 0.25) is 0 Å². The van der Waals surface area contributed by atoms with E-state index in [1.165, 1.54) is 5.01 Å². The van der Waals surface area contributed by atoms with E-state index in [1.54, 1.807) is 0 Å². The van der Waals surface area contributed by atoms with E-state index in [0.29, 0.717) is 12.8 Å². The van der Waals surface area contributed by atoms with Crippen LogP contribution >= 0.6 is 11.6 Å². The number of carbonyl (C=O) groups is 2. The molecule has 1 aromatic heterocycles. The predicted octanol–water partition coefficient (Wildman–Crippen LogP) is 3.21. The number of halogens is 6. The van der Waals surface area contributed by atoms with Gasteiger partial charge in [0.15, 0.2) is 5.69 Å². The lowest BCUT2D eigenvalue weighted by Crippen LogP contribution is -2.32. The molecule has 0 bridgehead atoms. The van der Waals surface area contributed by atoms with Gasteiger partial charge in [-0.05, 0) is 24.4 Å². The summed E-state index contributed by atoms with van der Waals surface area (Å²) in [5.74, 6) is -4.29. The fourth-order valence-corrected chi connectivity index (χ4v) is 2.65. The van der Waals surface area contributed by atoms with Crippen LogP contribution in [0.1, 0.15) is 44.9 Å². The van der Waals surface area contributed by atoms with Gasteiger partial charge in [0, 0.05) is 13.1 Å². The van der Waals surface area contributed by atoms with Crippen LogP contribution in [-0.4, -0.2) is 45.2 Å². The minimum Gasteiger partial charge on any atom is -0.478 e. The first-order valence-corrected chi connectivity index (χ1v) is 7.42. The van der Waals surface area contributed by atoms with Gasteiger partial charge in [-0.2, -0.15) is 22.0 Å². The third-order valence-corrected chi connectivity index (χ3v) is 3.72. The zero-order valence-corrected chi connectivity index (χ0v) is 13.5. The molecule has 7 nitrogen and oxygen atoms in total. The topological polar surface area (TPSA) is 103 Å². The van der Waals surface area contributed by atoms with Crippen LogP contribution in [0.3, 0.4) is 0 Å². The highest BCUT2D eigenvalue weighted by molar-refractivity contribution is 6.22. The second-order valence-electron chi connectivity index (χ2n) is 5.35. The molecular weight excluding hydrogens is 393 g/mol. The van der Waals surface area contributed by atoms with Crippen LogP contribution in [0.15, 0.2) is 0 Å². The first kappa shape index (κ1) is 20.1. The molecule has 2 rings (SSSR count). The molecule has 1 saturated heterocycles. The van der Waals surface area contributed by atoms with Crippen LogP contribution < -0.4 is 5.43 Å². The van der Waals surface area contributed by atoms with E-state index in [1.807, 2.05) is 0 Å². The van der Waals surface area contributed by atoms with Gasteiger partial charge in [0.25, 0.3) is 0 Å². The summed E-state index contributed by atoms with van der Waals surface area (Å²) in [5, 5.41) is 15.0. The third-order valence-electron chi connectivity index (χ3n) is 3.54. The van der Waals surface area contributed by atoms with Gasteiger partial charge in [-0.15, -0.1) is 0 Å². The molecule has 0 amide bonds. The molecule has 0 spiro atoms. The van der Waals surface area contributed by atoms with E-state index in [-0.39, 0.29) is 13.1 Å². The molecular formula is C13H11ClF5N3O4. The molecule has 1 aliphatic heterocycles. The molecule has 3 N–H and O–H groups in total. The molecule has 1 fully saturated rings.